The van der Waals surface area contributed by atoms with Crippen molar-refractivity contribution < 1.29 is 57.1 Å². The molecule has 4 heterocycles. The Morgan fingerprint density at radius 3 is 0.625 bits per heavy atom. The third kappa shape index (κ3) is 18.0. The first-order chi connectivity index (χ1) is 41.7. The Hall–Kier alpha value is -6.36. The fraction of sp³-hybridized carbons (Fsp3) is 0.588. The molecule has 480 valence electrons. The van der Waals surface area contributed by atoms with Gasteiger partial charge in [-0.1, -0.05) is 132 Å². The highest BCUT2D eigenvalue weighted by molar-refractivity contribution is 5.79. The van der Waals surface area contributed by atoms with Gasteiger partial charge >= 0.3 is 0 Å². The Balaban J connectivity index is 1.30. The Labute approximate surface area is 520 Å². The highest BCUT2D eigenvalue weighted by atomic mass is 16.5. The summed E-state index contributed by atoms with van der Waals surface area (Å²) in [5.41, 5.74) is 21.3. The zero-order valence-corrected chi connectivity index (χ0v) is 54.3. The van der Waals surface area contributed by atoms with Gasteiger partial charge in [0.05, 0.1) is 52.9 Å². The fourth-order valence-corrected chi connectivity index (χ4v) is 11.4. The molecule has 0 atom stereocenters. The summed E-state index contributed by atoms with van der Waals surface area (Å²) in [5.74, 6) is 0.865. The maximum atomic E-state index is 14.1. The van der Waals surface area contributed by atoms with E-state index < -0.39 is 0 Å². The Morgan fingerprint density at radius 2 is 0.477 bits per heavy atom. The summed E-state index contributed by atoms with van der Waals surface area (Å²) in [5, 5.41) is 7.43. The second-order valence-corrected chi connectivity index (χ2v) is 27.9. The maximum Gasteiger partial charge on any atom is 0.272 e. The van der Waals surface area contributed by atoms with Crippen molar-refractivity contribution in [2.24, 2.45) is 0 Å². The van der Waals surface area contributed by atoms with E-state index in [0.29, 0.717) is 128 Å². The van der Waals surface area contributed by atoms with Crippen molar-refractivity contribution >= 4 is 23.6 Å². The van der Waals surface area contributed by atoms with Gasteiger partial charge < -0.3 is 37.9 Å². The van der Waals surface area contributed by atoms with Gasteiger partial charge in [0, 0.05) is 78.0 Å². The average molecular weight is 1220 g/mol. The first-order valence-electron chi connectivity index (χ1n) is 31.4. The highest BCUT2D eigenvalue weighted by Crippen LogP contribution is 2.44. The Bertz CT molecular complexity index is 2610. The number of benzene rings is 4. The molecule has 4 aromatic rings. The number of carbonyl (C=O) groups excluding carboxylic acids is 4. The third-order valence-corrected chi connectivity index (χ3v) is 16.5. The second-order valence-electron chi connectivity index (χ2n) is 27.9. The van der Waals surface area contributed by atoms with Crippen molar-refractivity contribution in [1.29, 1.82) is 0 Å². The quantitative estimate of drug-likeness (QED) is 0.0831. The molecule has 5 aliphatic rings. The molecular weight excluding hydrogens is 1120 g/mol. The number of carbonyl (C=O) groups is 4. The fourth-order valence-electron chi connectivity index (χ4n) is 11.4. The number of rotatable bonds is 16. The smallest absolute Gasteiger partial charge is 0.272 e. The summed E-state index contributed by atoms with van der Waals surface area (Å²) in [7, 11) is 0. The van der Waals surface area contributed by atoms with Crippen molar-refractivity contribution in [3.05, 3.63) is 115 Å². The van der Waals surface area contributed by atoms with Crippen LogP contribution in [0.3, 0.4) is 0 Å². The highest BCUT2D eigenvalue weighted by Gasteiger charge is 2.32. The van der Waals surface area contributed by atoms with E-state index >= 15 is 0 Å². The van der Waals surface area contributed by atoms with Gasteiger partial charge in [-0.2, -0.15) is 0 Å². The number of amides is 4. The minimum atomic E-state index is -0.371. The third-order valence-electron chi connectivity index (χ3n) is 16.5. The lowest BCUT2D eigenvalue weighted by atomic mass is 9.79. The van der Waals surface area contributed by atoms with Gasteiger partial charge in [-0.3, -0.25) is 40.9 Å². The molecule has 0 saturated carbocycles. The monoisotopic (exact) mass is 1220 g/mol. The van der Waals surface area contributed by atoms with E-state index in [9.17, 15) is 19.2 Å². The molecule has 4 aromatic carbocycles. The topological polar surface area (TPSA) is 203 Å². The number of ether oxygens (including phenoxy) is 8. The molecule has 4 N–H and O–H groups in total. The summed E-state index contributed by atoms with van der Waals surface area (Å²) in [6.07, 6.45) is 1.08. The zero-order chi connectivity index (χ0) is 63.0. The lowest BCUT2D eigenvalue weighted by molar-refractivity contribution is -0.130. The van der Waals surface area contributed by atoms with Crippen LogP contribution in [-0.2, 0) is 85.5 Å². The summed E-state index contributed by atoms with van der Waals surface area (Å²) >= 11 is 0. The first kappa shape index (κ1) is 66.1. The maximum absolute atomic E-state index is 14.1. The molecule has 0 radical (unpaired) electrons. The van der Waals surface area contributed by atoms with Crippen LogP contribution in [0.2, 0.25) is 0 Å². The molecule has 88 heavy (non-hydrogen) atoms. The van der Waals surface area contributed by atoms with Gasteiger partial charge in [0.2, 0.25) is 0 Å². The largest absolute Gasteiger partial charge is 0.483 e. The van der Waals surface area contributed by atoms with Crippen molar-refractivity contribution in [2.45, 2.75) is 130 Å². The number of hydrazine groups is 4. The molecule has 20 heteroatoms. The van der Waals surface area contributed by atoms with Gasteiger partial charge in [0.15, 0.2) is 26.4 Å². The van der Waals surface area contributed by atoms with Gasteiger partial charge in [0.25, 0.3) is 23.6 Å². The minimum Gasteiger partial charge on any atom is -0.483 e. The van der Waals surface area contributed by atoms with Crippen LogP contribution in [-0.4, -0.2) is 175 Å². The summed E-state index contributed by atoms with van der Waals surface area (Å²) in [4.78, 5) is 56.5. The van der Waals surface area contributed by atoms with E-state index in [1.54, 1.807) is 0 Å². The number of fused-ring (bicyclic) bond motifs is 8. The molecule has 4 saturated heterocycles. The Kier molecular flexibility index (Phi) is 21.5. The van der Waals surface area contributed by atoms with Crippen LogP contribution < -0.4 is 40.7 Å². The van der Waals surface area contributed by atoms with E-state index in [4.69, 9.17) is 37.9 Å². The van der Waals surface area contributed by atoms with Crippen LogP contribution in [0.25, 0.3) is 0 Å². The molecule has 4 amide bonds. The molecule has 0 spiro atoms. The molecule has 1 aliphatic carbocycles. The van der Waals surface area contributed by atoms with Crippen LogP contribution in [0, 0.1) is 0 Å². The lowest BCUT2D eigenvalue weighted by Crippen LogP contribution is -2.49. The summed E-state index contributed by atoms with van der Waals surface area (Å²) in [6, 6.07) is 17.4. The molecule has 8 bridgehead atoms. The first-order valence-corrected chi connectivity index (χ1v) is 31.4. The molecular formula is C68H96N8O12. The summed E-state index contributed by atoms with van der Waals surface area (Å²) < 4.78 is 50.3. The summed E-state index contributed by atoms with van der Waals surface area (Å²) in [6.45, 7) is 33.4. The minimum absolute atomic E-state index is 0.269. The van der Waals surface area contributed by atoms with Gasteiger partial charge in [-0.25, -0.2) is 20.0 Å². The van der Waals surface area contributed by atoms with E-state index in [0.717, 1.165) is 66.8 Å². The normalized spacial score (nSPS) is 17.8. The Morgan fingerprint density at radius 1 is 0.318 bits per heavy atom. The van der Waals surface area contributed by atoms with Crippen LogP contribution in [0.4, 0.5) is 0 Å². The number of morpholine rings is 4. The van der Waals surface area contributed by atoms with E-state index in [-0.39, 0.29) is 97.4 Å². The average Bonchev–Trinajstić information content (AvgIpc) is 1.07. The SMILES string of the molecule is CC(C)(C)c1cc2c(OCC(=O)NN3CCOCC3)c(c1)Cc1cc(C(C)(C)C)cc(c1OCC(=O)NN1CCOCC1)Cc1cc(C(C)(C)C)cc(c1OCC(=O)NN1CCOCC1)Cc1cc(C(C)(C)C)cc(c1OCC(=O)NN1CCOCC1)C2. The van der Waals surface area contributed by atoms with Crippen LogP contribution in [0.5, 0.6) is 23.0 Å². The van der Waals surface area contributed by atoms with Gasteiger partial charge in [-0.05, 0) is 88.4 Å². The van der Waals surface area contributed by atoms with Crippen LogP contribution >= 0.6 is 0 Å². The number of hydrogen-bond acceptors (Lipinski definition) is 16. The van der Waals surface area contributed by atoms with Crippen LogP contribution in [0.1, 0.15) is 150 Å². The van der Waals surface area contributed by atoms with Gasteiger partial charge in [-0.15, -0.1) is 0 Å². The molecule has 0 aromatic heterocycles. The predicted octanol–water partition coefficient (Wildman–Crippen LogP) is 6.52. The van der Waals surface area contributed by atoms with Crippen LogP contribution in [0.15, 0.2) is 48.5 Å². The van der Waals surface area contributed by atoms with Crippen molar-refractivity contribution in [1.82, 2.24) is 41.7 Å². The standard InChI is InChI=1S/C68H96N8O12/c1-65(2,3)53-33-45-29-47-35-54(66(4,5)6)37-49(62(47)86-42-58(78)70-74-15-23-82-24-16-74)31-51-39-56(68(10,11)12)40-52(64(51)88-44-60(80)72-76-19-27-84-28-20-76)32-50-38-55(67(7,8)9)36-48(63(50)87-43-59(79)71-75-17-25-83-26-18-75)30-46(34-53)61(45)85-41-57(77)69-73-13-21-81-22-14-73/h33-40H,13-32,41-44H2,1-12H3,(H,69,77)(H,70,78)(H,71,79)(H,72,80). The van der Waals surface area contributed by atoms with E-state index in [1.165, 1.54) is 0 Å². The lowest BCUT2D eigenvalue weighted by Gasteiger charge is -2.30. The number of hydrogen-bond donors (Lipinski definition) is 4. The van der Waals surface area contributed by atoms with Crippen molar-refractivity contribution in [3.63, 3.8) is 0 Å². The molecule has 4 fully saturated rings. The molecule has 4 aliphatic heterocycles. The number of nitrogens with one attached hydrogen (secondary N) is 4. The molecule has 20 nitrogen and oxygen atoms in total. The number of nitrogens with zero attached hydrogens (tertiary/aromatic N) is 4. The van der Waals surface area contributed by atoms with E-state index in [1.807, 2.05) is 20.0 Å². The van der Waals surface area contributed by atoms with E-state index in [2.05, 4.69) is 153 Å². The van der Waals surface area contributed by atoms with Crippen molar-refractivity contribution in [3.8, 4) is 23.0 Å². The molecule has 0 unspecified atom stereocenters. The predicted molar refractivity (Wildman–Crippen MR) is 336 cm³/mol. The van der Waals surface area contributed by atoms with Crippen molar-refractivity contribution in [2.75, 3.05) is 132 Å². The molecule has 9 rings (SSSR count). The zero-order valence-electron chi connectivity index (χ0n) is 54.3. The van der Waals surface area contributed by atoms with Gasteiger partial charge in [0.1, 0.15) is 23.0 Å². The second kappa shape index (κ2) is 28.6.